The van der Waals surface area contributed by atoms with Gasteiger partial charge in [-0.1, -0.05) is 182 Å². The van der Waals surface area contributed by atoms with Gasteiger partial charge >= 0.3 is 0 Å². The van der Waals surface area contributed by atoms with E-state index in [1.54, 1.807) is 0 Å². The van der Waals surface area contributed by atoms with E-state index in [4.69, 9.17) is 4.74 Å². The lowest BCUT2D eigenvalue weighted by molar-refractivity contribution is 0.436. The van der Waals surface area contributed by atoms with E-state index < -0.39 is 13.5 Å². The molecule has 0 amide bonds. The van der Waals surface area contributed by atoms with Crippen LogP contribution in [0.5, 0.6) is 11.5 Å². The summed E-state index contributed by atoms with van der Waals surface area (Å²) in [5, 5.41) is 8.11. The topological polar surface area (TPSA) is 9.23 Å². The first-order valence-corrected chi connectivity index (χ1v) is 19.0. The molecule has 1 aliphatic carbocycles. The first-order valence-electron chi connectivity index (χ1n) is 17.0. The van der Waals surface area contributed by atoms with Crippen molar-refractivity contribution in [2.45, 2.75) is 5.41 Å². The molecule has 0 N–H and O–H groups in total. The molecule has 1 aliphatic heterocycles. The van der Waals surface area contributed by atoms with Crippen molar-refractivity contribution in [3.05, 3.63) is 216 Å². The van der Waals surface area contributed by atoms with Crippen molar-refractivity contribution in [2.75, 3.05) is 0 Å². The van der Waals surface area contributed by atoms with Crippen molar-refractivity contribution < 1.29 is 4.74 Å². The van der Waals surface area contributed by atoms with Crippen molar-refractivity contribution in [1.82, 2.24) is 0 Å². The van der Waals surface area contributed by atoms with Crippen LogP contribution >= 0.6 is 0 Å². The molecule has 49 heavy (non-hydrogen) atoms. The Morgan fingerprint density at radius 2 is 0.796 bits per heavy atom. The first kappa shape index (κ1) is 28.1. The minimum absolute atomic E-state index is 0.555. The highest BCUT2D eigenvalue weighted by Crippen LogP contribution is 2.62. The van der Waals surface area contributed by atoms with E-state index >= 15 is 0 Å². The van der Waals surface area contributed by atoms with Gasteiger partial charge in [0.05, 0.1) is 5.41 Å². The molecule has 0 saturated heterocycles. The van der Waals surface area contributed by atoms with Crippen LogP contribution in [0.25, 0.3) is 21.9 Å². The Morgan fingerprint density at radius 1 is 0.367 bits per heavy atom. The van der Waals surface area contributed by atoms with E-state index in [0.29, 0.717) is 0 Å². The van der Waals surface area contributed by atoms with Crippen LogP contribution in [0.3, 0.4) is 0 Å². The second-order valence-electron chi connectivity index (χ2n) is 13.1. The standard InChI is InChI=1S/C47H32OSi/c1-4-18-33(19-5-1)49(34-20-6-2-7-21-34,35-22-8-3-9-23-35)45-32-42-46(37-25-11-10-24-36(37)45)38-26-12-13-27-39(38)47(42)40-28-14-16-30-43(40)48-44-31-17-15-29-41(44)47/h1-32H. The summed E-state index contributed by atoms with van der Waals surface area (Å²) in [6.07, 6.45) is 0. The lowest BCUT2D eigenvalue weighted by atomic mass is 9.66. The van der Waals surface area contributed by atoms with Gasteiger partial charge in [0.1, 0.15) is 11.5 Å². The molecule has 8 aromatic rings. The average Bonchev–Trinajstić information content (AvgIpc) is 3.47. The number of ether oxygens (including phenoxy) is 1. The molecule has 2 aliphatic rings. The fraction of sp³-hybridized carbons (Fsp3) is 0.0213. The maximum atomic E-state index is 6.70. The molecule has 0 aromatic heterocycles. The van der Waals surface area contributed by atoms with Crippen LogP contribution in [0, 0.1) is 0 Å². The third-order valence-corrected chi connectivity index (χ3v) is 15.7. The van der Waals surface area contributed by atoms with Gasteiger partial charge in [0.2, 0.25) is 0 Å². The zero-order valence-corrected chi connectivity index (χ0v) is 27.9. The Hall–Kier alpha value is -5.96. The fourth-order valence-electron chi connectivity index (χ4n) is 9.05. The maximum absolute atomic E-state index is 6.70. The number of hydrogen-bond acceptors (Lipinski definition) is 1. The Bertz CT molecular complexity index is 2380. The van der Waals surface area contributed by atoms with Crippen LogP contribution in [0.4, 0.5) is 0 Å². The van der Waals surface area contributed by atoms with Crippen LogP contribution in [-0.4, -0.2) is 8.07 Å². The van der Waals surface area contributed by atoms with Crippen molar-refractivity contribution in [1.29, 1.82) is 0 Å². The zero-order valence-electron chi connectivity index (χ0n) is 26.9. The molecule has 1 nitrogen and oxygen atoms in total. The number of rotatable bonds is 4. The normalized spacial score (nSPS) is 13.6. The molecular weight excluding hydrogens is 609 g/mol. The fourth-order valence-corrected chi connectivity index (χ4v) is 14.0. The van der Waals surface area contributed by atoms with E-state index in [-0.39, 0.29) is 0 Å². The predicted molar refractivity (Wildman–Crippen MR) is 205 cm³/mol. The summed E-state index contributed by atoms with van der Waals surface area (Å²) in [7, 11) is -2.91. The summed E-state index contributed by atoms with van der Waals surface area (Å²) in [6.45, 7) is 0. The largest absolute Gasteiger partial charge is 0.457 e. The molecule has 0 radical (unpaired) electrons. The molecule has 0 unspecified atom stereocenters. The van der Waals surface area contributed by atoms with E-state index in [9.17, 15) is 0 Å². The molecule has 10 rings (SSSR count). The van der Waals surface area contributed by atoms with Gasteiger partial charge in [-0.2, -0.15) is 0 Å². The summed E-state index contributed by atoms with van der Waals surface area (Å²) in [5.74, 6) is 1.83. The highest BCUT2D eigenvalue weighted by Gasteiger charge is 2.53. The molecular formula is C47H32OSi. The van der Waals surface area contributed by atoms with Crippen molar-refractivity contribution in [3.8, 4) is 22.6 Å². The van der Waals surface area contributed by atoms with E-state index in [1.165, 1.54) is 64.9 Å². The second kappa shape index (κ2) is 10.8. The van der Waals surface area contributed by atoms with Gasteiger partial charge < -0.3 is 4.74 Å². The van der Waals surface area contributed by atoms with Gasteiger partial charge in [-0.15, -0.1) is 0 Å². The molecule has 1 spiro atoms. The monoisotopic (exact) mass is 640 g/mol. The smallest absolute Gasteiger partial charge is 0.180 e. The number of para-hydroxylation sites is 2. The summed E-state index contributed by atoms with van der Waals surface area (Å²) in [5.41, 5.74) is 7.06. The first-order chi connectivity index (χ1) is 24.3. The van der Waals surface area contributed by atoms with E-state index in [2.05, 4.69) is 194 Å². The van der Waals surface area contributed by atoms with Crippen LogP contribution < -0.4 is 25.5 Å². The average molecular weight is 641 g/mol. The number of fused-ring (bicyclic) bond motifs is 11. The Labute approximate surface area is 287 Å². The molecule has 230 valence electrons. The SMILES string of the molecule is c1ccc([Si](c2ccccc2)(c2ccccc2)c2cc3c(c4ccccc24)-c2ccccc2C32c3ccccc3Oc3ccccc32)cc1. The molecule has 0 bridgehead atoms. The van der Waals surface area contributed by atoms with Crippen LogP contribution in [0.15, 0.2) is 194 Å². The summed E-state index contributed by atoms with van der Waals surface area (Å²) < 4.78 is 6.70. The van der Waals surface area contributed by atoms with Crippen molar-refractivity contribution in [2.24, 2.45) is 0 Å². The highest BCUT2D eigenvalue weighted by atomic mass is 28.3. The molecule has 1 heterocycles. The molecule has 2 heteroatoms. The summed E-state index contributed by atoms with van der Waals surface area (Å²) in [4.78, 5) is 0. The molecule has 0 fully saturated rings. The van der Waals surface area contributed by atoms with Gasteiger partial charge in [0.25, 0.3) is 0 Å². The van der Waals surface area contributed by atoms with E-state index in [0.717, 1.165) is 11.5 Å². The summed E-state index contributed by atoms with van der Waals surface area (Å²) >= 11 is 0. The lowest BCUT2D eigenvalue weighted by Gasteiger charge is -2.41. The maximum Gasteiger partial charge on any atom is 0.180 e. The minimum Gasteiger partial charge on any atom is -0.457 e. The van der Waals surface area contributed by atoms with Gasteiger partial charge in [-0.3, -0.25) is 0 Å². The third kappa shape index (κ3) is 3.75. The lowest BCUT2D eigenvalue weighted by Crippen LogP contribution is -2.75. The van der Waals surface area contributed by atoms with Crippen molar-refractivity contribution >= 4 is 39.6 Å². The second-order valence-corrected chi connectivity index (χ2v) is 16.9. The van der Waals surface area contributed by atoms with Gasteiger partial charge in [0.15, 0.2) is 8.07 Å². The quantitative estimate of drug-likeness (QED) is 0.138. The van der Waals surface area contributed by atoms with Crippen molar-refractivity contribution in [3.63, 3.8) is 0 Å². The van der Waals surface area contributed by atoms with Crippen LogP contribution in [0.1, 0.15) is 22.3 Å². The van der Waals surface area contributed by atoms with Crippen LogP contribution in [-0.2, 0) is 5.41 Å². The van der Waals surface area contributed by atoms with Gasteiger partial charge in [-0.05, 0) is 65.9 Å². The van der Waals surface area contributed by atoms with Gasteiger partial charge in [-0.25, -0.2) is 0 Å². The number of hydrogen-bond donors (Lipinski definition) is 0. The zero-order chi connectivity index (χ0) is 32.4. The Kier molecular flexibility index (Phi) is 6.18. The minimum atomic E-state index is -2.91. The Balaban J connectivity index is 1.45. The highest BCUT2D eigenvalue weighted by molar-refractivity contribution is 7.20. The molecule has 0 saturated carbocycles. The summed E-state index contributed by atoms with van der Waals surface area (Å²) in [6, 6.07) is 72.0. The molecule has 0 atom stereocenters. The van der Waals surface area contributed by atoms with Gasteiger partial charge in [0, 0.05) is 11.1 Å². The van der Waals surface area contributed by atoms with E-state index in [1.807, 2.05) is 0 Å². The Morgan fingerprint density at radius 3 is 1.35 bits per heavy atom. The number of benzene rings is 8. The predicted octanol–water partition coefficient (Wildman–Crippen LogP) is 8.69. The van der Waals surface area contributed by atoms with Crippen LogP contribution in [0.2, 0.25) is 0 Å². The molecule has 8 aromatic carbocycles. The third-order valence-electron chi connectivity index (χ3n) is 10.9.